The Kier molecular flexibility index (Phi) is 6.05. The molecule has 0 amide bonds. The van der Waals surface area contributed by atoms with Gasteiger partial charge in [-0.15, -0.1) is 0 Å². The third-order valence-corrected chi connectivity index (χ3v) is 5.88. The summed E-state index contributed by atoms with van der Waals surface area (Å²) < 4.78 is 37.1. The van der Waals surface area contributed by atoms with Gasteiger partial charge in [-0.05, 0) is 25.8 Å². The van der Waals surface area contributed by atoms with Crippen LogP contribution in [0.25, 0.3) is 0 Å². The van der Waals surface area contributed by atoms with Crippen LogP contribution in [-0.2, 0) is 20.8 Å². The van der Waals surface area contributed by atoms with E-state index in [1.807, 2.05) is 6.92 Å². The molecule has 1 saturated heterocycles. The molecule has 0 aromatic heterocycles. The minimum absolute atomic E-state index is 0.0299. The average molecular weight is 282 g/mol. The van der Waals surface area contributed by atoms with Crippen molar-refractivity contribution in [2.75, 3.05) is 25.1 Å². The summed E-state index contributed by atoms with van der Waals surface area (Å²) in [5, 5.41) is 3.19. The second-order valence-electron chi connectivity index (χ2n) is 4.57. The molecular weight excluding hydrogens is 260 g/mol. The second-order valence-corrected chi connectivity index (χ2v) is 8.22. The van der Waals surface area contributed by atoms with Gasteiger partial charge in [-0.2, -0.15) is 0 Å². The van der Waals surface area contributed by atoms with E-state index < -0.39 is 20.8 Å². The molecule has 1 aliphatic rings. The van der Waals surface area contributed by atoms with Crippen molar-refractivity contribution >= 4 is 20.8 Å². The van der Waals surface area contributed by atoms with E-state index in [-0.39, 0.29) is 17.0 Å². The topological polar surface area (TPSA) is 75.3 Å². The van der Waals surface area contributed by atoms with Crippen molar-refractivity contribution in [2.45, 2.75) is 37.5 Å². The maximum atomic E-state index is 11.7. The predicted molar refractivity (Wildman–Crippen MR) is 71.0 cm³/mol. The van der Waals surface area contributed by atoms with Crippen LogP contribution in [0.2, 0.25) is 0 Å². The molecule has 0 aromatic carbocycles. The standard InChI is InChI=1S/C10H22N2O3S2/c1-9(16(2)13)5-7-12-17(14,15)8-10-4-3-6-11-10/h9-12H,3-8H2,1-2H3. The Bertz CT molecular complexity index is 351. The van der Waals surface area contributed by atoms with Gasteiger partial charge >= 0.3 is 0 Å². The molecule has 17 heavy (non-hydrogen) atoms. The fourth-order valence-corrected chi connectivity index (χ4v) is 3.62. The van der Waals surface area contributed by atoms with Gasteiger partial charge in [0, 0.05) is 34.9 Å². The van der Waals surface area contributed by atoms with E-state index in [1.165, 1.54) is 0 Å². The molecule has 0 spiro atoms. The molecular formula is C10H22N2O3S2. The monoisotopic (exact) mass is 282 g/mol. The van der Waals surface area contributed by atoms with Crippen molar-refractivity contribution < 1.29 is 12.6 Å². The van der Waals surface area contributed by atoms with Gasteiger partial charge in [-0.25, -0.2) is 13.1 Å². The van der Waals surface area contributed by atoms with Crippen molar-refractivity contribution in [3.05, 3.63) is 0 Å². The number of sulfonamides is 1. The molecule has 1 fully saturated rings. The van der Waals surface area contributed by atoms with E-state index in [0.29, 0.717) is 13.0 Å². The predicted octanol–water partition coefficient (Wildman–Crippen LogP) is -0.185. The van der Waals surface area contributed by atoms with Crippen LogP contribution < -0.4 is 10.0 Å². The van der Waals surface area contributed by atoms with Gasteiger partial charge in [-0.1, -0.05) is 6.92 Å². The number of rotatable bonds is 7. The second kappa shape index (κ2) is 6.82. The number of hydrogen-bond donors (Lipinski definition) is 2. The molecule has 5 nitrogen and oxygen atoms in total. The van der Waals surface area contributed by atoms with E-state index in [1.54, 1.807) is 6.26 Å². The van der Waals surface area contributed by atoms with E-state index in [2.05, 4.69) is 10.0 Å². The van der Waals surface area contributed by atoms with Crippen LogP contribution >= 0.6 is 0 Å². The Labute approximate surface area is 106 Å². The summed E-state index contributed by atoms with van der Waals surface area (Å²) >= 11 is 0. The molecule has 1 aliphatic heterocycles. The summed E-state index contributed by atoms with van der Waals surface area (Å²) in [6.07, 6.45) is 4.23. The van der Waals surface area contributed by atoms with Crippen LogP contribution in [0.3, 0.4) is 0 Å². The summed E-state index contributed by atoms with van der Waals surface area (Å²) in [7, 11) is -4.09. The largest absolute Gasteiger partial charge is 0.313 e. The zero-order chi connectivity index (χ0) is 12.9. The first-order valence-electron chi connectivity index (χ1n) is 5.93. The summed E-state index contributed by atoms with van der Waals surface area (Å²) in [6.45, 7) is 3.14. The summed E-state index contributed by atoms with van der Waals surface area (Å²) in [6, 6.07) is 0.0882. The van der Waals surface area contributed by atoms with Gasteiger partial charge in [0.05, 0.1) is 5.75 Å². The molecule has 0 bridgehead atoms. The Hall–Kier alpha value is 0.0200. The van der Waals surface area contributed by atoms with Crippen LogP contribution in [0.15, 0.2) is 0 Å². The van der Waals surface area contributed by atoms with E-state index in [4.69, 9.17) is 0 Å². The Morgan fingerprint density at radius 3 is 2.76 bits per heavy atom. The lowest BCUT2D eigenvalue weighted by molar-refractivity contribution is 0.561. The van der Waals surface area contributed by atoms with E-state index >= 15 is 0 Å². The lowest BCUT2D eigenvalue weighted by atomic mass is 10.3. The fraction of sp³-hybridized carbons (Fsp3) is 1.00. The maximum absolute atomic E-state index is 11.7. The van der Waals surface area contributed by atoms with Gasteiger partial charge in [0.15, 0.2) is 0 Å². The first-order chi connectivity index (χ1) is 7.91. The minimum Gasteiger partial charge on any atom is -0.313 e. The van der Waals surface area contributed by atoms with Crippen LogP contribution in [0.4, 0.5) is 0 Å². The highest BCUT2D eigenvalue weighted by atomic mass is 32.2. The Morgan fingerprint density at radius 2 is 2.24 bits per heavy atom. The molecule has 102 valence electrons. The van der Waals surface area contributed by atoms with Crippen LogP contribution in [-0.4, -0.2) is 49.0 Å². The zero-order valence-electron chi connectivity index (χ0n) is 10.4. The van der Waals surface area contributed by atoms with E-state index in [9.17, 15) is 12.6 Å². The summed E-state index contributed by atoms with van der Waals surface area (Å²) in [5.41, 5.74) is 0. The first kappa shape index (κ1) is 15.1. The quantitative estimate of drug-likeness (QED) is 0.679. The zero-order valence-corrected chi connectivity index (χ0v) is 12.1. The van der Waals surface area contributed by atoms with Crippen LogP contribution in [0, 0.1) is 0 Å². The molecule has 2 N–H and O–H groups in total. The third-order valence-electron chi connectivity index (χ3n) is 3.02. The molecule has 0 aliphatic carbocycles. The molecule has 0 aromatic rings. The van der Waals surface area contributed by atoms with Gasteiger partial charge in [-0.3, -0.25) is 4.21 Å². The molecule has 3 atom stereocenters. The highest BCUT2D eigenvalue weighted by Crippen LogP contribution is 2.07. The lowest BCUT2D eigenvalue weighted by Gasteiger charge is -2.13. The number of hydrogen-bond acceptors (Lipinski definition) is 4. The molecule has 1 heterocycles. The van der Waals surface area contributed by atoms with Gasteiger partial charge in [0.1, 0.15) is 0 Å². The first-order valence-corrected chi connectivity index (χ1v) is 9.21. The highest BCUT2D eigenvalue weighted by Gasteiger charge is 2.21. The number of nitrogens with one attached hydrogen (secondary N) is 2. The van der Waals surface area contributed by atoms with Crippen molar-refractivity contribution in [1.82, 2.24) is 10.0 Å². The van der Waals surface area contributed by atoms with Crippen molar-refractivity contribution in [1.29, 1.82) is 0 Å². The van der Waals surface area contributed by atoms with Gasteiger partial charge in [0.2, 0.25) is 10.0 Å². The van der Waals surface area contributed by atoms with Crippen molar-refractivity contribution in [3.63, 3.8) is 0 Å². The lowest BCUT2D eigenvalue weighted by Crippen LogP contribution is -2.37. The minimum atomic E-state index is -3.20. The highest BCUT2D eigenvalue weighted by molar-refractivity contribution is 7.89. The Morgan fingerprint density at radius 1 is 1.53 bits per heavy atom. The molecule has 3 unspecified atom stereocenters. The fourth-order valence-electron chi connectivity index (χ4n) is 1.81. The molecule has 7 heteroatoms. The maximum Gasteiger partial charge on any atom is 0.213 e. The molecule has 1 rings (SSSR count). The Balaban J connectivity index is 2.26. The van der Waals surface area contributed by atoms with Crippen LogP contribution in [0.1, 0.15) is 26.2 Å². The molecule has 0 radical (unpaired) electrons. The van der Waals surface area contributed by atoms with Crippen molar-refractivity contribution in [3.8, 4) is 0 Å². The molecule has 0 saturated carbocycles. The SMILES string of the molecule is CC(CCNS(=O)(=O)CC1CCCN1)S(C)=O. The normalized spacial score (nSPS) is 24.7. The third kappa shape index (κ3) is 5.94. The average Bonchev–Trinajstić information content (AvgIpc) is 2.68. The smallest absolute Gasteiger partial charge is 0.213 e. The van der Waals surface area contributed by atoms with Gasteiger partial charge < -0.3 is 5.32 Å². The van der Waals surface area contributed by atoms with E-state index in [0.717, 1.165) is 19.4 Å². The summed E-state index contributed by atoms with van der Waals surface area (Å²) in [4.78, 5) is 0. The summed E-state index contributed by atoms with van der Waals surface area (Å²) in [5.74, 6) is 0.149. The van der Waals surface area contributed by atoms with Gasteiger partial charge in [0.25, 0.3) is 0 Å². The van der Waals surface area contributed by atoms with Crippen LogP contribution in [0.5, 0.6) is 0 Å². The van der Waals surface area contributed by atoms with Crippen molar-refractivity contribution in [2.24, 2.45) is 0 Å².